The molecule has 2 heterocycles. The van der Waals surface area contributed by atoms with Gasteiger partial charge in [-0.1, -0.05) is 0 Å². The summed E-state index contributed by atoms with van der Waals surface area (Å²) in [6, 6.07) is 7.46. The first-order chi connectivity index (χ1) is 10.1. The van der Waals surface area contributed by atoms with Gasteiger partial charge in [0, 0.05) is 23.7 Å². The van der Waals surface area contributed by atoms with Crippen LogP contribution in [0.1, 0.15) is 30.3 Å². The Hall–Kier alpha value is -2.01. The van der Waals surface area contributed by atoms with Gasteiger partial charge in [-0.25, -0.2) is 0 Å². The van der Waals surface area contributed by atoms with Gasteiger partial charge in [-0.2, -0.15) is 0 Å². The molecule has 0 spiro atoms. The number of hydrogen-bond donors (Lipinski definition) is 2. The van der Waals surface area contributed by atoms with Gasteiger partial charge in [-0.05, 0) is 57.1 Å². The largest absolute Gasteiger partial charge is 0.451 e. The van der Waals surface area contributed by atoms with Gasteiger partial charge < -0.3 is 15.5 Å². The van der Waals surface area contributed by atoms with Crippen LogP contribution in [0.2, 0.25) is 0 Å². The first kappa shape index (κ1) is 13.9. The lowest BCUT2D eigenvalue weighted by molar-refractivity contribution is 0.0915. The van der Waals surface area contributed by atoms with E-state index in [1.807, 2.05) is 6.07 Å². The van der Waals surface area contributed by atoms with E-state index in [0.717, 1.165) is 18.5 Å². The number of nitrogens with two attached hydrogens (primary N) is 1. The molecule has 2 aromatic rings. The Morgan fingerprint density at radius 1 is 1.38 bits per heavy atom. The van der Waals surface area contributed by atoms with Gasteiger partial charge in [0.1, 0.15) is 5.58 Å². The molecule has 1 atom stereocenters. The summed E-state index contributed by atoms with van der Waals surface area (Å²) in [6.07, 6.45) is 2.51. The highest BCUT2D eigenvalue weighted by Crippen LogP contribution is 2.21. The van der Waals surface area contributed by atoms with Crippen LogP contribution in [0, 0.1) is 0 Å². The summed E-state index contributed by atoms with van der Waals surface area (Å²) in [5, 5.41) is 3.80. The van der Waals surface area contributed by atoms with Crippen LogP contribution in [-0.2, 0) is 0 Å². The molecule has 0 aliphatic carbocycles. The summed E-state index contributed by atoms with van der Waals surface area (Å²) in [5.41, 5.74) is 7.08. The van der Waals surface area contributed by atoms with Crippen LogP contribution in [0.25, 0.3) is 11.0 Å². The van der Waals surface area contributed by atoms with Gasteiger partial charge >= 0.3 is 0 Å². The standard InChI is InChI=1S/C16H21N3O2/c1-11(19-6-2-3-7-19)10-18-16(20)15-9-12-8-13(17)4-5-14(12)21-15/h4-5,8-9,11H,2-3,6-7,10,17H2,1H3,(H,18,20). The molecule has 1 fully saturated rings. The van der Waals surface area contributed by atoms with E-state index in [1.165, 1.54) is 12.8 Å². The number of nitrogens with one attached hydrogen (secondary N) is 1. The average molecular weight is 287 g/mol. The quantitative estimate of drug-likeness (QED) is 0.846. The minimum absolute atomic E-state index is 0.171. The molecule has 1 amide bonds. The highest BCUT2D eigenvalue weighted by molar-refractivity contribution is 5.96. The highest BCUT2D eigenvalue weighted by atomic mass is 16.3. The first-order valence-corrected chi connectivity index (χ1v) is 7.45. The molecule has 112 valence electrons. The molecule has 1 aliphatic heterocycles. The van der Waals surface area contributed by atoms with E-state index in [2.05, 4.69) is 17.1 Å². The molecule has 5 nitrogen and oxygen atoms in total. The number of hydrogen-bond acceptors (Lipinski definition) is 4. The van der Waals surface area contributed by atoms with Crippen LogP contribution in [0.3, 0.4) is 0 Å². The fraction of sp³-hybridized carbons (Fsp3) is 0.438. The molecular weight excluding hydrogens is 266 g/mol. The number of carbonyl (C=O) groups is 1. The predicted molar refractivity (Wildman–Crippen MR) is 83.2 cm³/mol. The van der Waals surface area contributed by atoms with Gasteiger partial charge in [0.25, 0.3) is 5.91 Å². The highest BCUT2D eigenvalue weighted by Gasteiger charge is 2.19. The molecule has 1 aliphatic rings. The predicted octanol–water partition coefficient (Wildman–Crippen LogP) is 2.23. The molecule has 1 aromatic carbocycles. The summed E-state index contributed by atoms with van der Waals surface area (Å²) in [5.74, 6) is 0.167. The van der Waals surface area contributed by atoms with Crippen molar-refractivity contribution >= 4 is 22.6 Å². The van der Waals surface area contributed by atoms with Crippen LogP contribution in [0.5, 0.6) is 0 Å². The van der Waals surface area contributed by atoms with E-state index in [-0.39, 0.29) is 5.91 Å². The average Bonchev–Trinajstić information content (AvgIpc) is 3.12. The van der Waals surface area contributed by atoms with Crippen molar-refractivity contribution in [3.63, 3.8) is 0 Å². The number of carbonyl (C=O) groups excluding carboxylic acids is 1. The van der Waals surface area contributed by atoms with Crippen molar-refractivity contribution in [2.45, 2.75) is 25.8 Å². The van der Waals surface area contributed by atoms with Crippen LogP contribution < -0.4 is 11.1 Å². The van der Waals surface area contributed by atoms with Crippen molar-refractivity contribution in [2.24, 2.45) is 0 Å². The van der Waals surface area contributed by atoms with Gasteiger partial charge in [0.2, 0.25) is 0 Å². The molecule has 5 heteroatoms. The van der Waals surface area contributed by atoms with Crippen molar-refractivity contribution in [3.05, 3.63) is 30.0 Å². The minimum Gasteiger partial charge on any atom is -0.451 e. The number of nitrogen functional groups attached to an aromatic ring is 1. The monoisotopic (exact) mass is 287 g/mol. The Labute approximate surface area is 124 Å². The number of anilines is 1. The molecule has 1 unspecified atom stereocenters. The number of nitrogens with zero attached hydrogens (tertiary/aromatic N) is 1. The normalized spacial score (nSPS) is 17.2. The molecule has 1 saturated heterocycles. The Morgan fingerprint density at radius 3 is 2.90 bits per heavy atom. The molecule has 0 bridgehead atoms. The Morgan fingerprint density at radius 2 is 2.14 bits per heavy atom. The molecule has 0 saturated carbocycles. The second-order valence-corrected chi connectivity index (χ2v) is 5.71. The van der Waals surface area contributed by atoms with Gasteiger partial charge in [0.15, 0.2) is 5.76 Å². The van der Waals surface area contributed by atoms with Crippen LogP contribution >= 0.6 is 0 Å². The second kappa shape index (κ2) is 5.77. The molecule has 1 aromatic heterocycles. The zero-order valence-electron chi connectivity index (χ0n) is 12.3. The third-order valence-electron chi connectivity index (χ3n) is 4.09. The molecule has 21 heavy (non-hydrogen) atoms. The van der Waals surface area contributed by atoms with Crippen molar-refractivity contribution in [3.8, 4) is 0 Å². The third kappa shape index (κ3) is 3.03. The summed E-state index contributed by atoms with van der Waals surface area (Å²) >= 11 is 0. The van der Waals surface area contributed by atoms with Crippen molar-refractivity contribution in [2.75, 3.05) is 25.4 Å². The smallest absolute Gasteiger partial charge is 0.287 e. The molecule has 3 rings (SSSR count). The maximum atomic E-state index is 12.2. The van der Waals surface area contributed by atoms with Crippen molar-refractivity contribution in [1.29, 1.82) is 0 Å². The van der Waals surface area contributed by atoms with Crippen molar-refractivity contribution in [1.82, 2.24) is 10.2 Å². The number of rotatable bonds is 4. The van der Waals surface area contributed by atoms with E-state index < -0.39 is 0 Å². The maximum absolute atomic E-state index is 12.2. The summed E-state index contributed by atoms with van der Waals surface area (Å²) in [7, 11) is 0. The van der Waals surface area contributed by atoms with Crippen LogP contribution in [-0.4, -0.2) is 36.5 Å². The molecule has 0 radical (unpaired) electrons. The maximum Gasteiger partial charge on any atom is 0.287 e. The second-order valence-electron chi connectivity index (χ2n) is 5.71. The molecular formula is C16H21N3O2. The van der Waals surface area contributed by atoms with E-state index >= 15 is 0 Å². The Balaban J connectivity index is 1.63. The fourth-order valence-corrected chi connectivity index (χ4v) is 2.81. The van der Waals surface area contributed by atoms with E-state index in [9.17, 15) is 4.79 Å². The van der Waals surface area contributed by atoms with Crippen LogP contribution in [0.4, 0.5) is 5.69 Å². The lowest BCUT2D eigenvalue weighted by Crippen LogP contribution is -2.40. The van der Waals surface area contributed by atoms with E-state index in [4.69, 9.17) is 10.2 Å². The number of fused-ring (bicyclic) bond motifs is 1. The van der Waals surface area contributed by atoms with Gasteiger partial charge in [0.05, 0.1) is 0 Å². The Kier molecular flexibility index (Phi) is 3.84. The van der Waals surface area contributed by atoms with E-state index in [0.29, 0.717) is 29.6 Å². The lowest BCUT2D eigenvalue weighted by atomic mass is 10.2. The number of likely N-dealkylation sites (tertiary alicyclic amines) is 1. The Bertz CT molecular complexity index is 644. The van der Waals surface area contributed by atoms with Crippen molar-refractivity contribution < 1.29 is 9.21 Å². The third-order valence-corrected chi connectivity index (χ3v) is 4.09. The zero-order valence-corrected chi connectivity index (χ0v) is 12.3. The summed E-state index contributed by atoms with van der Waals surface area (Å²) in [4.78, 5) is 14.6. The zero-order chi connectivity index (χ0) is 14.8. The summed E-state index contributed by atoms with van der Waals surface area (Å²) < 4.78 is 5.56. The SMILES string of the molecule is CC(CNC(=O)c1cc2cc(N)ccc2o1)N1CCCC1. The first-order valence-electron chi connectivity index (χ1n) is 7.45. The fourth-order valence-electron chi connectivity index (χ4n) is 2.81. The molecule has 3 N–H and O–H groups in total. The number of furan rings is 1. The topological polar surface area (TPSA) is 71.5 Å². The number of benzene rings is 1. The van der Waals surface area contributed by atoms with Gasteiger partial charge in [-0.3, -0.25) is 9.69 Å². The summed E-state index contributed by atoms with van der Waals surface area (Å²) in [6.45, 7) is 5.03. The lowest BCUT2D eigenvalue weighted by Gasteiger charge is -2.23. The van der Waals surface area contributed by atoms with Gasteiger partial charge in [-0.15, -0.1) is 0 Å². The minimum atomic E-state index is -0.171. The van der Waals surface area contributed by atoms with E-state index in [1.54, 1.807) is 18.2 Å². The van der Waals surface area contributed by atoms with Crippen LogP contribution in [0.15, 0.2) is 28.7 Å². The number of amides is 1.